The van der Waals surface area contributed by atoms with Gasteiger partial charge in [-0.15, -0.1) is 11.3 Å². The Morgan fingerprint density at radius 1 is 1.25 bits per heavy atom. The fourth-order valence-corrected chi connectivity index (χ4v) is 1.72. The van der Waals surface area contributed by atoms with Crippen molar-refractivity contribution in [2.75, 3.05) is 5.73 Å². The molecule has 0 saturated heterocycles. The first-order valence-electron chi connectivity index (χ1n) is 4.44. The second-order valence-corrected chi connectivity index (χ2v) is 3.91. The van der Waals surface area contributed by atoms with Crippen LogP contribution in [0.4, 0.5) is 5.13 Å². The third-order valence-electron chi connectivity index (χ3n) is 1.87. The number of aryl methyl sites for hydroxylation is 1. The molecule has 0 aliphatic heterocycles. The molecule has 0 atom stereocenters. The van der Waals surface area contributed by atoms with E-state index in [1.54, 1.807) is 0 Å². The Morgan fingerprint density at radius 3 is 2.25 bits per heavy atom. The third kappa shape index (κ3) is 3.31. The first-order chi connectivity index (χ1) is 7.67. The zero-order chi connectivity index (χ0) is 12.0. The Balaban J connectivity index is 0.000000386. The van der Waals surface area contributed by atoms with Gasteiger partial charge in [-0.2, -0.15) is 9.59 Å². The van der Waals surface area contributed by atoms with Crippen molar-refractivity contribution in [2.45, 2.75) is 6.92 Å². The number of nitrogens with two attached hydrogens (primary N) is 1. The highest BCUT2D eigenvalue weighted by Crippen LogP contribution is 2.22. The fourth-order valence-electron chi connectivity index (χ4n) is 1.14. The molecule has 5 heteroatoms. The lowest BCUT2D eigenvalue weighted by molar-refractivity contribution is -0.191. The Hall–Kier alpha value is -1.97. The first kappa shape index (κ1) is 12.1. The van der Waals surface area contributed by atoms with E-state index >= 15 is 0 Å². The van der Waals surface area contributed by atoms with Crippen molar-refractivity contribution in [1.82, 2.24) is 4.98 Å². The number of benzene rings is 1. The van der Waals surface area contributed by atoms with E-state index in [0.717, 1.165) is 11.3 Å². The van der Waals surface area contributed by atoms with Gasteiger partial charge in [-0.25, -0.2) is 4.98 Å². The van der Waals surface area contributed by atoms with Crippen LogP contribution in [0.1, 0.15) is 5.56 Å². The van der Waals surface area contributed by atoms with E-state index in [-0.39, 0.29) is 6.15 Å². The Kier molecular flexibility index (Phi) is 4.39. The molecule has 1 aromatic heterocycles. The maximum atomic E-state index is 8.12. The number of nitrogens with zero attached hydrogens (tertiary/aromatic N) is 1. The van der Waals surface area contributed by atoms with Gasteiger partial charge in [0.2, 0.25) is 0 Å². The van der Waals surface area contributed by atoms with Crippen LogP contribution in [-0.4, -0.2) is 11.1 Å². The molecule has 0 radical (unpaired) electrons. The second-order valence-electron chi connectivity index (χ2n) is 3.02. The molecule has 1 heterocycles. The lowest BCUT2D eigenvalue weighted by Crippen LogP contribution is -1.82. The molecule has 0 saturated carbocycles. The van der Waals surface area contributed by atoms with Crippen LogP contribution >= 0.6 is 11.3 Å². The number of aromatic nitrogens is 1. The lowest BCUT2D eigenvalue weighted by Gasteiger charge is -1.96. The number of nitrogen functional groups attached to an aromatic ring is 1. The van der Waals surface area contributed by atoms with Crippen LogP contribution in [0.15, 0.2) is 29.6 Å². The van der Waals surface area contributed by atoms with Crippen LogP contribution < -0.4 is 5.73 Å². The summed E-state index contributed by atoms with van der Waals surface area (Å²) in [6, 6.07) is 8.27. The molecule has 0 spiro atoms. The lowest BCUT2D eigenvalue weighted by atomic mass is 10.1. The van der Waals surface area contributed by atoms with Crippen LogP contribution in [0.25, 0.3) is 11.3 Å². The molecule has 0 amide bonds. The van der Waals surface area contributed by atoms with Gasteiger partial charge in [0.1, 0.15) is 0 Å². The minimum Gasteiger partial charge on any atom is -0.375 e. The van der Waals surface area contributed by atoms with Crippen LogP contribution in [0, 0.1) is 6.92 Å². The molecule has 0 unspecified atom stereocenters. The summed E-state index contributed by atoms with van der Waals surface area (Å²) in [5.74, 6) is 0. The number of thiazole rings is 1. The smallest absolute Gasteiger partial charge is 0.373 e. The Labute approximate surface area is 96.7 Å². The van der Waals surface area contributed by atoms with Gasteiger partial charge in [-0.05, 0) is 6.92 Å². The van der Waals surface area contributed by atoms with Crippen molar-refractivity contribution in [1.29, 1.82) is 0 Å². The molecular formula is C11H10N2O2S. The van der Waals surface area contributed by atoms with E-state index in [2.05, 4.69) is 36.2 Å². The maximum absolute atomic E-state index is 8.12. The standard InChI is InChI=1S/C10H10N2S.CO2/c1-7-2-4-8(5-3-7)9-6-13-10(11)12-9;2-1-3/h2-6H,1H3,(H2,11,12);. The van der Waals surface area contributed by atoms with E-state index in [4.69, 9.17) is 15.3 Å². The highest BCUT2D eigenvalue weighted by atomic mass is 32.1. The van der Waals surface area contributed by atoms with Crippen molar-refractivity contribution in [3.05, 3.63) is 35.2 Å². The van der Waals surface area contributed by atoms with Gasteiger partial charge in [-0.1, -0.05) is 29.8 Å². The molecular weight excluding hydrogens is 224 g/mol. The van der Waals surface area contributed by atoms with Crippen molar-refractivity contribution in [3.63, 3.8) is 0 Å². The summed E-state index contributed by atoms with van der Waals surface area (Å²) in [5, 5.41) is 2.59. The second kappa shape index (κ2) is 5.80. The minimum absolute atomic E-state index is 0.250. The van der Waals surface area contributed by atoms with E-state index in [9.17, 15) is 0 Å². The summed E-state index contributed by atoms with van der Waals surface area (Å²) in [5.41, 5.74) is 8.89. The molecule has 0 bridgehead atoms. The molecule has 1 aromatic carbocycles. The summed E-state index contributed by atoms with van der Waals surface area (Å²) in [4.78, 5) is 20.5. The zero-order valence-electron chi connectivity index (χ0n) is 8.64. The maximum Gasteiger partial charge on any atom is 0.373 e. The number of hydrogen-bond acceptors (Lipinski definition) is 5. The van der Waals surface area contributed by atoms with Crippen LogP contribution in [-0.2, 0) is 9.59 Å². The van der Waals surface area contributed by atoms with E-state index in [0.29, 0.717) is 5.13 Å². The third-order valence-corrected chi connectivity index (χ3v) is 2.54. The number of rotatable bonds is 1. The predicted octanol–water partition coefficient (Wildman–Crippen LogP) is 2.12. The number of carbonyl (C=O) groups excluding carboxylic acids is 2. The predicted molar refractivity (Wildman–Crippen MR) is 61.7 cm³/mol. The van der Waals surface area contributed by atoms with Crippen molar-refractivity contribution >= 4 is 22.6 Å². The average Bonchev–Trinajstić information content (AvgIpc) is 2.67. The SMILES string of the molecule is Cc1ccc(-c2csc(N)n2)cc1.O=C=O. The first-order valence-corrected chi connectivity index (χ1v) is 5.32. The summed E-state index contributed by atoms with van der Waals surface area (Å²) in [6.45, 7) is 2.07. The summed E-state index contributed by atoms with van der Waals surface area (Å²) in [7, 11) is 0. The van der Waals surface area contributed by atoms with Crippen molar-refractivity contribution < 1.29 is 9.59 Å². The van der Waals surface area contributed by atoms with Gasteiger partial charge < -0.3 is 5.73 Å². The molecule has 82 valence electrons. The highest BCUT2D eigenvalue weighted by molar-refractivity contribution is 7.13. The summed E-state index contributed by atoms with van der Waals surface area (Å²) >= 11 is 1.47. The zero-order valence-corrected chi connectivity index (χ0v) is 9.45. The molecule has 0 fully saturated rings. The van der Waals surface area contributed by atoms with E-state index < -0.39 is 0 Å². The molecule has 0 aliphatic rings. The Bertz CT molecular complexity index is 485. The summed E-state index contributed by atoms with van der Waals surface area (Å²) < 4.78 is 0. The van der Waals surface area contributed by atoms with Crippen LogP contribution in [0.2, 0.25) is 0 Å². The van der Waals surface area contributed by atoms with Crippen molar-refractivity contribution in [2.24, 2.45) is 0 Å². The molecule has 0 aliphatic carbocycles. The molecule has 2 N–H and O–H groups in total. The number of hydrogen-bond donors (Lipinski definition) is 1. The monoisotopic (exact) mass is 234 g/mol. The van der Waals surface area contributed by atoms with Gasteiger partial charge >= 0.3 is 6.15 Å². The van der Waals surface area contributed by atoms with Crippen LogP contribution in [0.3, 0.4) is 0 Å². The van der Waals surface area contributed by atoms with Gasteiger partial charge in [-0.3, -0.25) is 0 Å². The highest BCUT2D eigenvalue weighted by Gasteiger charge is 2.00. The normalized spacial score (nSPS) is 8.81. The minimum atomic E-state index is 0.250. The van der Waals surface area contributed by atoms with Gasteiger partial charge in [0, 0.05) is 10.9 Å². The largest absolute Gasteiger partial charge is 0.375 e. The van der Waals surface area contributed by atoms with Crippen molar-refractivity contribution in [3.8, 4) is 11.3 Å². The number of anilines is 1. The fraction of sp³-hybridized carbons (Fsp3) is 0.0909. The average molecular weight is 234 g/mol. The van der Waals surface area contributed by atoms with E-state index in [1.807, 2.05) is 5.38 Å². The molecule has 16 heavy (non-hydrogen) atoms. The van der Waals surface area contributed by atoms with Crippen LogP contribution in [0.5, 0.6) is 0 Å². The van der Waals surface area contributed by atoms with Gasteiger partial charge in [0.05, 0.1) is 5.69 Å². The molecule has 2 rings (SSSR count). The molecule has 4 nitrogen and oxygen atoms in total. The van der Waals surface area contributed by atoms with E-state index in [1.165, 1.54) is 16.9 Å². The summed E-state index contributed by atoms with van der Waals surface area (Å²) in [6.07, 6.45) is 0.250. The van der Waals surface area contributed by atoms with Gasteiger partial charge in [0.15, 0.2) is 5.13 Å². The molecule has 2 aromatic rings. The van der Waals surface area contributed by atoms with Gasteiger partial charge in [0.25, 0.3) is 0 Å². The Morgan fingerprint density at radius 2 is 1.81 bits per heavy atom. The quantitative estimate of drug-likeness (QED) is 0.820. The topological polar surface area (TPSA) is 73.0 Å².